The molecule has 4 rings (SSSR count). The highest BCUT2D eigenvalue weighted by Crippen LogP contribution is 2.30. The number of nitrogens with one attached hydrogen (secondary N) is 2. The van der Waals surface area contributed by atoms with Crippen LogP contribution in [0, 0.1) is 6.92 Å². The van der Waals surface area contributed by atoms with Crippen molar-refractivity contribution >= 4 is 40.7 Å². The minimum absolute atomic E-state index is 0.00408. The molecule has 1 aliphatic carbocycles. The Labute approximate surface area is 179 Å². The number of anilines is 2. The van der Waals surface area contributed by atoms with Gasteiger partial charge in [-0.15, -0.1) is 0 Å². The van der Waals surface area contributed by atoms with Crippen LogP contribution in [0.3, 0.4) is 0 Å². The Balaban J connectivity index is 1.52. The molecule has 0 unspecified atom stereocenters. The summed E-state index contributed by atoms with van der Waals surface area (Å²) in [6.45, 7) is 1.92. The number of carbonyl (C=O) groups is 3. The third kappa shape index (κ3) is 3.96. The number of benzene rings is 2. The first kappa shape index (κ1) is 20.2. The summed E-state index contributed by atoms with van der Waals surface area (Å²) < 4.78 is 0. The first-order valence-electron chi connectivity index (χ1n) is 9.97. The predicted molar refractivity (Wildman–Crippen MR) is 116 cm³/mol. The van der Waals surface area contributed by atoms with Crippen LogP contribution >= 0.6 is 11.6 Å². The summed E-state index contributed by atoms with van der Waals surface area (Å²) in [4.78, 5) is 39.0. The number of aryl methyl sites for hydroxylation is 1. The van der Waals surface area contributed by atoms with E-state index in [0.29, 0.717) is 16.9 Å². The van der Waals surface area contributed by atoms with Crippen molar-refractivity contribution in [2.45, 2.75) is 38.6 Å². The highest BCUT2D eigenvalue weighted by Gasteiger charge is 2.39. The van der Waals surface area contributed by atoms with Gasteiger partial charge in [0.2, 0.25) is 0 Å². The van der Waals surface area contributed by atoms with E-state index in [4.69, 9.17) is 11.6 Å². The second-order valence-electron chi connectivity index (χ2n) is 7.63. The van der Waals surface area contributed by atoms with Gasteiger partial charge in [0.1, 0.15) is 10.7 Å². The third-order valence-electron chi connectivity index (χ3n) is 5.40. The lowest BCUT2D eigenvalue weighted by molar-refractivity contribution is -0.120. The smallest absolute Gasteiger partial charge is 0.283 e. The van der Waals surface area contributed by atoms with Crippen LogP contribution in [-0.4, -0.2) is 23.8 Å². The van der Waals surface area contributed by atoms with E-state index in [1.165, 1.54) is 0 Å². The first-order chi connectivity index (χ1) is 14.4. The first-order valence-corrected chi connectivity index (χ1v) is 10.3. The quantitative estimate of drug-likeness (QED) is 0.709. The van der Waals surface area contributed by atoms with E-state index in [-0.39, 0.29) is 22.7 Å². The van der Waals surface area contributed by atoms with Gasteiger partial charge in [-0.3, -0.25) is 14.4 Å². The lowest BCUT2D eigenvalue weighted by Crippen LogP contribution is -2.32. The van der Waals surface area contributed by atoms with Gasteiger partial charge in [0.05, 0.1) is 5.69 Å². The van der Waals surface area contributed by atoms with Crippen molar-refractivity contribution in [2.24, 2.45) is 0 Å². The van der Waals surface area contributed by atoms with Gasteiger partial charge >= 0.3 is 0 Å². The Morgan fingerprint density at radius 3 is 2.43 bits per heavy atom. The molecule has 0 radical (unpaired) electrons. The molecule has 2 aliphatic rings. The molecule has 0 bridgehead atoms. The summed E-state index contributed by atoms with van der Waals surface area (Å²) in [5, 5.41) is 5.79. The van der Waals surface area contributed by atoms with E-state index in [9.17, 15) is 14.4 Å². The molecule has 0 aromatic heterocycles. The summed E-state index contributed by atoms with van der Waals surface area (Å²) in [5.41, 5.74) is 2.46. The minimum Gasteiger partial charge on any atom is -0.350 e. The fourth-order valence-corrected chi connectivity index (χ4v) is 3.97. The van der Waals surface area contributed by atoms with Gasteiger partial charge < -0.3 is 10.6 Å². The molecule has 1 heterocycles. The molecule has 1 saturated carbocycles. The third-order valence-corrected chi connectivity index (χ3v) is 5.75. The van der Waals surface area contributed by atoms with Crippen molar-refractivity contribution < 1.29 is 14.4 Å². The van der Waals surface area contributed by atoms with Crippen molar-refractivity contribution in [2.75, 3.05) is 10.2 Å². The zero-order valence-electron chi connectivity index (χ0n) is 16.6. The van der Waals surface area contributed by atoms with Crippen molar-refractivity contribution in [1.82, 2.24) is 5.32 Å². The second-order valence-corrected chi connectivity index (χ2v) is 8.01. The minimum atomic E-state index is -0.580. The fraction of sp³-hybridized carbons (Fsp3) is 0.261. The van der Waals surface area contributed by atoms with Crippen LogP contribution < -0.4 is 15.5 Å². The molecule has 7 heteroatoms. The maximum atomic E-state index is 12.9. The Morgan fingerprint density at radius 1 is 1.03 bits per heavy atom. The van der Waals surface area contributed by atoms with Crippen molar-refractivity contribution in [3.8, 4) is 0 Å². The number of halogens is 1. The van der Waals surface area contributed by atoms with E-state index in [1.807, 2.05) is 19.1 Å². The highest BCUT2D eigenvalue weighted by molar-refractivity contribution is 6.53. The molecule has 0 spiro atoms. The molecule has 2 N–H and O–H groups in total. The van der Waals surface area contributed by atoms with E-state index < -0.39 is 11.8 Å². The normalized spacial score (nSPS) is 17.1. The molecular formula is C23H22ClN3O3. The largest absolute Gasteiger partial charge is 0.350 e. The highest BCUT2D eigenvalue weighted by atomic mass is 35.5. The van der Waals surface area contributed by atoms with Crippen molar-refractivity contribution in [3.63, 3.8) is 0 Å². The van der Waals surface area contributed by atoms with Crippen LogP contribution in [-0.2, 0) is 9.59 Å². The zero-order valence-corrected chi connectivity index (χ0v) is 17.3. The zero-order chi connectivity index (χ0) is 21.3. The molecule has 2 aromatic rings. The second kappa shape index (κ2) is 8.32. The van der Waals surface area contributed by atoms with Crippen molar-refractivity contribution in [1.29, 1.82) is 0 Å². The van der Waals surface area contributed by atoms with Crippen LogP contribution in [0.25, 0.3) is 0 Å². The van der Waals surface area contributed by atoms with Crippen LogP contribution in [0.1, 0.15) is 41.6 Å². The molecule has 0 saturated heterocycles. The lowest BCUT2D eigenvalue weighted by Gasteiger charge is -2.15. The van der Waals surface area contributed by atoms with E-state index in [0.717, 1.165) is 36.1 Å². The van der Waals surface area contributed by atoms with Gasteiger partial charge in [-0.2, -0.15) is 0 Å². The maximum Gasteiger partial charge on any atom is 0.283 e. The molecule has 3 amide bonds. The number of imide groups is 1. The van der Waals surface area contributed by atoms with E-state index in [1.54, 1.807) is 36.4 Å². The molecular weight excluding hydrogens is 402 g/mol. The summed E-state index contributed by atoms with van der Waals surface area (Å²) in [7, 11) is 0. The van der Waals surface area contributed by atoms with Crippen LogP contribution in [0.2, 0.25) is 0 Å². The molecule has 0 atom stereocenters. The van der Waals surface area contributed by atoms with E-state index in [2.05, 4.69) is 10.6 Å². The van der Waals surface area contributed by atoms with Gasteiger partial charge in [-0.1, -0.05) is 48.2 Å². The average Bonchev–Trinajstić information content (AvgIpc) is 3.32. The Kier molecular flexibility index (Phi) is 5.59. The number of carbonyl (C=O) groups excluding carboxylic acids is 3. The van der Waals surface area contributed by atoms with Gasteiger partial charge in [-0.25, -0.2) is 4.90 Å². The van der Waals surface area contributed by atoms with E-state index >= 15 is 0 Å². The topological polar surface area (TPSA) is 78.5 Å². The van der Waals surface area contributed by atoms with Gasteiger partial charge in [0, 0.05) is 17.3 Å². The summed E-state index contributed by atoms with van der Waals surface area (Å²) >= 11 is 6.19. The summed E-state index contributed by atoms with van der Waals surface area (Å²) in [5.74, 6) is -1.27. The average molecular weight is 424 g/mol. The number of hydrogen-bond donors (Lipinski definition) is 2. The predicted octanol–water partition coefficient (Wildman–Crippen LogP) is 4.10. The maximum absolute atomic E-state index is 12.9. The van der Waals surface area contributed by atoms with Crippen molar-refractivity contribution in [3.05, 3.63) is 70.4 Å². The number of hydrogen-bond acceptors (Lipinski definition) is 4. The number of amides is 3. The summed E-state index contributed by atoms with van der Waals surface area (Å²) in [6, 6.07) is 14.1. The SMILES string of the molecule is Cc1ccc(N2C(=O)C(Cl)=C(Nc3cccc(C(=O)NC4CCCC4)c3)C2=O)cc1. The number of rotatable bonds is 5. The Morgan fingerprint density at radius 2 is 1.73 bits per heavy atom. The van der Waals surface area contributed by atoms with Gasteiger partial charge in [0.25, 0.3) is 17.7 Å². The molecule has 30 heavy (non-hydrogen) atoms. The standard InChI is InChI=1S/C23H22ClN3O3/c1-14-9-11-18(12-10-14)27-22(29)19(24)20(23(27)30)25-17-8-4-5-15(13-17)21(28)26-16-6-2-3-7-16/h4-5,8-13,16,25H,2-3,6-7H2,1H3,(H,26,28). The monoisotopic (exact) mass is 423 g/mol. The molecule has 2 aromatic carbocycles. The number of nitrogens with zero attached hydrogens (tertiary/aromatic N) is 1. The van der Waals surface area contributed by atoms with Crippen LogP contribution in [0.4, 0.5) is 11.4 Å². The summed E-state index contributed by atoms with van der Waals surface area (Å²) in [6.07, 6.45) is 4.26. The fourth-order valence-electron chi connectivity index (χ4n) is 3.76. The molecule has 1 aliphatic heterocycles. The molecule has 6 nitrogen and oxygen atoms in total. The van der Waals surface area contributed by atoms with Gasteiger partial charge in [0.15, 0.2) is 0 Å². The van der Waals surface area contributed by atoms with Crippen LogP contribution in [0.15, 0.2) is 59.3 Å². The lowest BCUT2D eigenvalue weighted by atomic mass is 10.1. The van der Waals surface area contributed by atoms with Crippen LogP contribution in [0.5, 0.6) is 0 Å². The Hall–Kier alpha value is -3.12. The molecule has 1 fully saturated rings. The van der Waals surface area contributed by atoms with Gasteiger partial charge in [-0.05, 0) is 50.1 Å². The Bertz CT molecular complexity index is 1040. The molecule has 154 valence electrons.